The SMILES string of the molecule is CC[C@@H](CO)NC(=O)CCOc1cccc(Br)c1. The molecule has 0 saturated heterocycles. The van der Waals surface area contributed by atoms with E-state index in [4.69, 9.17) is 9.84 Å². The number of rotatable bonds is 7. The van der Waals surface area contributed by atoms with Gasteiger partial charge in [-0.3, -0.25) is 4.79 Å². The zero-order chi connectivity index (χ0) is 13.4. The molecule has 0 bridgehead atoms. The summed E-state index contributed by atoms with van der Waals surface area (Å²) in [4.78, 5) is 11.5. The Kier molecular flexibility index (Phi) is 6.75. The summed E-state index contributed by atoms with van der Waals surface area (Å²) in [5, 5.41) is 11.7. The van der Waals surface area contributed by atoms with E-state index in [1.165, 1.54) is 0 Å². The van der Waals surface area contributed by atoms with E-state index in [1.54, 1.807) is 0 Å². The molecule has 4 nitrogen and oxygen atoms in total. The van der Waals surface area contributed by atoms with E-state index in [9.17, 15) is 4.79 Å². The zero-order valence-corrected chi connectivity index (χ0v) is 11.9. The smallest absolute Gasteiger partial charge is 0.223 e. The van der Waals surface area contributed by atoms with Gasteiger partial charge >= 0.3 is 0 Å². The first kappa shape index (κ1) is 15.0. The van der Waals surface area contributed by atoms with Gasteiger partial charge in [-0.25, -0.2) is 0 Å². The van der Waals surface area contributed by atoms with Crippen molar-refractivity contribution >= 4 is 21.8 Å². The lowest BCUT2D eigenvalue weighted by Crippen LogP contribution is -2.37. The highest BCUT2D eigenvalue weighted by atomic mass is 79.9. The van der Waals surface area contributed by atoms with Gasteiger partial charge in [-0.15, -0.1) is 0 Å². The number of ether oxygens (including phenoxy) is 1. The molecule has 100 valence electrons. The number of benzene rings is 1. The summed E-state index contributed by atoms with van der Waals surface area (Å²) in [6.45, 7) is 2.21. The van der Waals surface area contributed by atoms with Crippen molar-refractivity contribution in [3.05, 3.63) is 28.7 Å². The molecule has 1 aromatic carbocycles. The van der Waals surface area contributed by atoms with Gasteiger partial charge in [-0.1, -0.05) is 28.9 Å². The topological polar surface area (TPSA) is 58.6 Å². The maximum Gasteiger partial charge on any atom is 0.223 e. The Hall–Kier alpha value is -1.07. The largest absolute Gasteiger partial charge is 0.493 e. The molecule has 18 heavy (non-hydrogen) atoms. The molecule has 0 spiro atoms. The molecule has 0 unspecified atom stereocenters. The first-order valence-corrected chi connectivity index (χ1v) is 6.73. The second-order valence-corrected chi connectivity index (χ2v) is 4.83. The molecule has 1 rings (SSSR count). The molecular formula is C13H18BrNO3. The average molecular weight is 316 g/mol. The molecule has 0 radical (unpaired) electrons. The summed E-state index contributed by atoms with van der Waals surface area (Å²) in [6.07, 6.45) is 0.998. The second kappa shape index (κ2) is 8.11. The molecule has 0 aliphatic rings. The number of amides is 1. The van der Waals surface area contributed by atoms with Crippen molar-refractivity contribution < 1.29 is 14.6 Å². The lowest BCUT2D eigenvalue weighted by molar-refractivity contribution is -0.122. The fourth-order valence-electron chi connectivity index (χ4n) is 1.40. The maximum atomic E-state index is 11.5. The van der Waals surface area contributed by atoms with Gasteiger partial charge in [0.1, 0.15) is 5.75 Å². The molecule has 0 aromatic heterocycles. The molecular weight excluding hydrogens is 298 g/mol. The van der Waals surface area contributed by atoms with Crippen LogP contribution in [0.2, 0.25) is 0 Å². The van der Waals surface area contributed by atoms with E-state index in [1.807, 2.05) is 31.2 Å². The predicted octanol–water partition coefficient (Wildman–Crippen LogP) is 2.11. The lowest BCUT2D eigenvalue weighted by atomic mass is 10.2. The Morgan fingerprint density at radius 3 is 2.94 bits per heavy atom. The van der Waals surface area contributed by atoms with E-state index >= 15 is 0 Å². The molecule has 0 aliphatic heterocycles. The minimum atomic E-state index is -0.164. The number of hydrogen-bond donors (Lipinski definition) is 2. The van der Waals surface area contributed by atoms with Crippen LogP contribution >= 0.6 is 15.9 Å². The standard InChI is InChI=1S/C13H18BrNO3/c1-2-11(9-16)15-13(17)6-7-18-12-5-3-4-10(14)8-12/h3-5,8,11,16H,2,6-7,9H2,1H3,(H,15,17)/t11-/m0/s1. The van der Waals surface area contributed by atoms with E-state index < -0.39 is 0 Å². The highest BCUT2D eigenvalue weighted by molar-refractivity contribution is 9.10. The minimum Gasteiger partial charge on any atom is -0.493 e. The molecule has 0 fully saturated rings. The van der Waals surface area contributed by atoms with Crippen molar-refractivity contribution in [1.29, 1.82) is 0 Å². The summed E-state index contributed by atoms with van der Waals surface area (Å²) >= 11 is 3.35. The molecule has 1 amide bonds. The van der Waals surface area contributed by atoms with Crippen LogP contribution in [0.1, 0.15) is 19.8 Å². The summed E-state index contributed by atoms with van der Waals surface area (Å²) in [5.74, 6) is 0.622. The number of aliphatic hydroxyl groups excluding tert-OH is 1. The molecule has 0 aliphatic carbocycles. The van der Waals surface area contributed by atoms with Crippen LogP contribution in [0.25, 0.3) is 0 Å². The van der Waals surface area contributed by atoms with Gasteiger partial charge in [0.25, 0.3) is 0 Å². The monoisotopic (exact) mass is 315 g/mol. The molecule has 1 aromatic rings. The van der Waals surface area contributed by atoms with Crippen molar-refractivity contribution in [2.75, 3.05) is 13.2 Å². The van der Waals surface area contributed by atoms with Gasteiger partial charge in [-0.2, -0.15) is 0 Å². The zero-order valence-electron chi connectivity index (χ0n) is 10.4. The van der Waals surface area contributed by atoms with Crippen LogP contribution in [-0.4, -0.2) is 30.3 Å². The van der Waals surface area contributed by atoms with Crippen LogP contribution in [0.15, 0.2) is 28.7 Å². The van der Waals surface area contributed by atoms with Gasteiger partial charge in [0, 0.05) is 4.47 Å². The van der Waals surface area contributed by atoms with E-state index in [2.05, 4.69) is 21.2 Å². The van der Waals surface area contributed by atoms with E-state index in [0.29, 0.717) is 13.0 Å². The number of nitrogens with one attached hydrogen (secondary N) is 1. The van der Waals surface area contributed by atoms with Gasteiger partial charge in [-0.05, 0) is 24.6 Å². The van der Waals surface area contributed by atoms with Crippen LogP contribution in [0.4, 0.5) is 0 Å². The van der Waals surface area contributed by atoms with Crippen molar-refractivity contribution in [1.82, 2.24) is 5.32 Å². The normalized spacial score (nSPS) is 11.9. The van der Waals surface area contributed by atoms with Crippen molar-refractivity contribution in [2.45, 2.75) is 25.8 Å². The first-order chi connectivity index (χ1) is 8.65. The fraction of sp³-hybridized carbons (Fsp3) is 0.462. The third-order valence-corrected chi connectivity index (χ3v) is 2.97. The Bertz CT molecular complexity index is 380. The Balaban J connectivity index is 2.27. The Labute approximate surface area is 115 Å². The van der Waals surface area contributed by atoms with Crippen LogP contribution in [0.3, 0.4) is 0 Å². The van der Waals surface area contributed by atoms with Gasteiger partial charge in [0.15, 0.2) is 0 Å². The number of hydrogen-bond acceptors (Lipinski definition) is 3. The maximum absolute atomic E-state index is 11.5. The first-order valence-electron chi connectivity index (χ1n) is 5.94. The molecule has 1 atom stereocenters. The van der Waals surface area contributed by atoms with Crippen molar-refractivity contribution in [3.8, 4) is 5.75 Å². The highest BCUT2D eigenvalue weighted by Crippen LogP contribution is 2.17. The van der Waals surface area contributed by atoms with Gasteiger partial charge in [0.2, 0.25) is 5.91 Å². The Morgan fingerprint density at radius 1 is 1.56 bits per heavy atom. The van der Waals surface area contributed by atoms with Crippen LogP contribution in [0.5, 0.6) is 5.75 Å². The minimum absolute atomic E-state index is 0.0330. The number of halogens is 1. The summed E-state index contributed by atoms with van der Waals surface area (Å²) in [7, 11) is 0. The predicted molar refractivity (Wildman–Crippen MR) is 73.6 cm³/mol. The summed E-state index contributed by atoms with van der Waals surface area (Å²) in [5.41, 5.74) is 0. The van der Waals surface area contributed by atoms with Gasteiger partial charge in [0.05, 0.1) is 25.7 Å². The van der Waals surface area contributed by atoms with Gasteiger partial charge < -0.3 is 15.2 Å². The molecule has 2 N–H and O–H groups in total. The Morgan fingerprint density at radius 2 is 2.33 bits per heavy atom. The molecule has 0 heterocycles. The van der Waals surface area contributed by atoms with Crippen LogP contribution in [0, 0.1) is 0 Å². The lowest BCUT2D eigenvalue weighted by Gasteiger charge is -2.14. The van der Waals surface area contributed by atoms with E-state index in [-0.39, 0.29) is 25.0 Å². The average Bonchev–Trinajstić information content (AvgIpc) is 2.36. The third-order valence-electron chi connectivity index (χ3n) is 2.47. The van der Waals surface area contributed by atoms with Crippen molar-refractivity contribution in [2.24, 2.45) is 0 Å². The van der Waals surface area contributed by atoms with Crippen LogP contribution < -0.4 is 10.1 Å². The van der Waals surface area contributed by atoms with E-state index in [0.717, 1.165) is 10.2 Å². The number of aliphatic hydroxyl groups is 1. The number of carbonyl (C=O) groups excluding carboxylic acids is 1. The van der Waals surface area contributed by atoms with Crippen LogP contribution in [-0.2, 0) is 4.79 Å². The third kappa shape index (κ3) is 5.51. The summed E-state index contributed by atoms with van der Waals surface area (Å²) in [6, 6.07) is 7.31. The molecule has 5 heteroatoms. The fourth-order valence-corrected chi connectivity index (χ4v) is 1.77. The second-order valence-electron chi connectivity index (χ2n) is 3.91. The molecule has 0 saturated carbocycles. The summed E-state index contributed by atoms with van der Waals surface area (Å²) < 4.78 is 6.39. The van der Waals surface area contributed by atoms with Crippen molar-refractivity contribution in [3.63, 3.8) is 0 Å². The quantitative estimate of drug-likeness (QED) is 0.810. The number of carbonyl (C=O) groups is 1. The highest BCUT2D eigenvalue weighted by Gasteiger charge is 2.08.